The summed E-state index contributed by atoms with van der Waals surface area (Å²) in [4.78, 5) is 11.9. The number of carbonyl (C=O) groups excluding carboxylic acids is 1. The lowest BCUT2D eigenvalue weighted by Gasteiger charge is -2.10. The van der Waals surface area contributed by atoms with E-state index in [0.717, 1.165) is 0 Å². The van der Waals surface area contributed by atoms with Crippen molar-refractivity contribution >= 4 is 5.91 Å². The molecule has 1 heterocycles. The van der Waals surface area contributed by atoms with Gasteiger partial charge in [-0.05, 0) is 5.56 Å². The van der Waals surface area contributed by atoms with E-state index in [1.807, 2.05) is 24.3 Å². The summed E-state index contributed by atoms with van der Waals surface area (Å²) < 4.78 is 1.62. The number of carbonyl (C=O) groups is 1. The van der Waals surface area contributed by atoms with Gasteiger partial charge in [0.25, 0.3) is 0 Å². The Bertz CT molecular complexity index is 558. The zero-order chi connectivity index (χ0) is 13.5. The average molecular weight is 255 g/mol. The van der Waals surface area contributed by atoms with E-state index in [1.54, 1.807) is 29.2 Å². The molecule has 0 spiro atoms. The van der Waals surface area contributed by atoms with Gasteiger partial charge < -0.3 is 5.32 Å². The summed E-state index contributed by atoms with van der Waals surface area (Å²) in [5.74, 6) is -1.08. The predicted molar refractivity (Wildman–Crippen MR) is 67.8 cm³/mol. The second-order valence-electron chi connectivity index (χ2n) is 3.93. The number of hydrogen-bond acceptors (Lipinski definition) is 4. The number of nitrogens with one attached hydrogen (secondary N) is 1. The molecule has 1 N–H and O–H groups in total. The Morgan fingerprint density at radius 1 is 1.42 bits per heavy atom. The van der Waals surface area contributed by atoms with E-state index in [2.05, 4.69) is 15.6 Å². The first kappa shape index (κ1) is 12.8. The molecule has 0 saturated carbocycles. The Balaban J connectivity index is 1.89. The number of nitriles is 1. The Labute approximate surface area is 110 Å². The number of amides is 1. The van der Waals surface area contributed by atoms with E-state index in [-0.39, 0.29) is 5.91 Å². The van der Waals surface area contributed by atoms with Crippen LogP contribution in [0.3, 0.4) is 0 Å². The molecule has 0 fully saturated rings. The Kier molecular flexibility index (Phi) is 4.24. The number of hydrogen-bond donors (Lipinski definition) is 1. The minimum absolute atomic E-state index is 0.297. The van der Waals surface area contributed by atoms with E-state index in [1.165, 1.54) is 0 Å². The molecule has 0 aliphatic rings. The first-order valence-corrected chi connectivity index (χ1v) is 5.87. The normalized spacial score (nSPS) is 11.5. The molecule has 19 heavy (non-hydrogen) atoms. The van der Waals surface area contributed by atoms with Crippen molar-refractivity contribution in [2.75, 3.05) is 6.54 Å². The summed E-state index contributed by atoms with van der Waals surface area (Å²) in [5.41, 5.74) is 0.697. The molecule has 1 amide bonds. The highest BCUT2D eigenvalue weighted by Gasteiger charge is 2.19. The summed E-state index contributed by atoms with van der Waals surface area (Å²) in [6, 6.07) is 11.0. The van der Waals surface area contributed by atoms with Crippen LogP contribution >= 0.6 is 0 Å². The summed E-state index contributed by atoms with van der Waals surface area (Å²) in [6.45, 7) is 0.936. The monoisotopic (exact) mass is 255 g/mol. The molecule has 0 bridgehead atoms. The summed E-state index contributed by atoms with van der Waals surface area (Å²) in [6.07, 6.45) is 3.29. The summed E-state index contributed by atoms with van der Waals surface area (Å²) in [5, 5.41) is 19.3. The average Bonchev–Trinajstić information content (AvgIpc) is 2.94. The number of nitrogens with zero attached hydrogens (tertiary/aromatic N) is 4. The third-order valence-corrected chi connectivity index (χ3v) is 2.64. The van der Waals surface area contributed by atoms with E-state index in [0.29, 0.717) is 18.7 Å². The Morgan fingerprint density at radius 3 is 2.84 bits per heavy atom. The lowest BCUT2D eigenvalue weighted by molar-refractivity contribution is -0.121. The Morgan fingerprint density at radius 2 is 2.21 bits per heavy atom. The zero-order valence-corrected chi connectivity index (χ0v) is 10.2. The van der Waals surface area contributed by atoms with Gasteiger partial charge in [-0.15, -0.1) is 5.10 Å². The second kappa shape index (κ2) is 6.31. The summed E-state index contributed by atoms with van der Waals surface area (Å²) in [7, 11) is 0. The largest absolute Gasteiger partial charge is 0.353 e. The number of aromatic nitrogens is 3. The van der Waals surface area contributed by atoms with Gasteiger partial charge in [-0.25, -0.2) is 0 Å². The number of benzene rings is 1. The van der Waals surface area contributed by atoms with Crippen molar-refractivity contribution in [3.63, 3.8) is 0 Å². The van der Waals surface area contributed by atoms with Gasteiger partial charge in [0, 0.05) is 12.7 Å². The van der Waals surface area contributed by atoms with Crippen LogP contribution in [0.15, 0.2) is 42.7 Å². The van der Waals surface area contributed by atoms with Crippen LogP contribution in [0.25, 0.3) is 0 Å². The second-order valence-corrected chi connectivity index (χ2v) is 3.93. The molecule has 1 aromatic heterocycles. The highest BCUT2D eigenvalue weighted by molar-refractivity contribution is 5.86. The molecule has 6 heteroatoms. The topological polar surface area (TPSA) is 83.6 Å². The van der Waals surface area contributed by atoms with Crippen LogP contribution in [0.4, 0.5) is 0 Å². The lowest BCUT2D eigenvalue weighted by Crippen LogP contribution is -2.31. The first-order chi connectivity index (χ1) is 9.31. The molecule has 0 saturated heterocycles. The van der Waals surface area contributed by atoms with Gasteiger partial charge in [0.05, 0.1) is 18.8 Å². The van der Waals surface area contributed by atoms with Crippen molar-refractivity contribution < 1.29 is 4.79 Å². The fourth-order valence-electron chi connectivity index (χ4n) is 1.68. The molecule has 1 aromatic carbocycles. The maximum Gasteiger partial charge on any atom is 0.241 e. The van der Waals surface area contributed by atoms with Crippen molar-refractivity contribution in [2.45, 2.75) is 12.5 Å². The van der Waals surface area contributed by atoms with Crippen molar-refractivity contribution in [3.05, 3.63) is 48.3 Å². The van der Waals surface area contributed by atoms with Crippen molar-refractivity contribution in [3.8, 4) is 6.07 Å². The molecule has 0 aliphatic carbocycles. The molecular formula is C13H13N5O. The molecule has 0 aliphatic heterocycles. The standard InChI is InChI=1S/C13H13N5O/c14-10-12(11-4-2-1-3-5-11)13(19)15-6-8-18-9-7-16-17-18/h1-5,7,9,12H,6,8H2,(H,15,19). The molecule has 6 nitrogen and oxygen atoms in total. The van der Waals surface area contributed by atoms with Gasteiger partial charge in [-0.1, -0.05) is 35.5 Å². The SMILES string of the molecule is N#CC(C(=O)NCCn1ccnn1)c1ccccc1. The summed E-state index contributed by atoms with van der Waals surface area (Å²) >= 11 is 0. The molecular weight excluding hydrogens is 242 g/mol. The lowest BCUT2D eigenvalue weighted by atomic mass is 10.00. The van der Waals surface area contributed by atoms with E-state index in [9.17, 15) is 4.79 Å². The fourth-order valence-corrected chi connectivity index (χ4v) is 1.68. The molecule has 2 rings (SSSR count). The van der Waals surface area contributed by atoms with E-state index in [4.69, 9.17) is 5.26 Å². The van der Waals surface area contributed by atoms with Gasteiger partial charge in [0.1, 0.15) is 5.92 Å². The van der Waals surface area contributed by atoms with Crippen LogP contribution in [-0.4, -0.2) is 27.4 Å². The van der Waals surface area contributed by atoms with E-state index >= 15 is 0 Å². The van der Waals surface area contributed by atoms with Crippen LogP contribution in [-0.2, 0) is 11.3 Å². The van der Waals surface area contributed by atoms with Crippen molar-refractivity contribution in [1.82, 2.24) is 20.3 Å². The van der Waals surface area contributed by atoms with Crippen molar-refractivity contribution in [2.24, 2.45) is 0 Å². The highest BCUT2D eigenvalue weighted by atomic mass is 16.1. The van der Waals surface area contributed by atoms with Crippen LogP contribution < -0.4 is 5.32 Å². The van der Waals surface area contributed by atoms with E-state index < -0.39 is 5.92 Å². The van der Waals surface area contributed by atoms with Crippen LogP contribution in [0.5, 0.6) is 0 Å². The quantitative estimate of drug-likeness (QED) is 0.852. The minimum Gasteiger partial charge on any atom is -0.353 e. The van der Waals surface area contributed by atoms with Crippen LogP contribution in [0.1, 0.15) is 11.5 Å². The third kappa shape index (κ3) is 3.39. The molecule has 96 valence electrons. The molecule has 2 aromatic rings. The third-order valence-electron chi connectivity index (χ3n) is 2.64. The zero-order valence-electron chi connectivity index (χ0n) is 10.2. The molecule has 1 atom stereocenters. The smallest absolute Gasteiger partial charge is 0.241 e. The number of rotatable bonds is 5. The van der Waals surface area contributed by atoms with Gasteiger partial charge in [0.2, 0.25) is 5.91 Å². The maximum absolute atomic E-state index is 11.9. The fraction of sp³-hybridized carbons (Fsp3) is 0.231. The van der Waals surface area contributed by atoms with Gasteiger partial charge in [0.15, 0.2) is 0 Å². The maximum atomic E-state index is 11.9. The highest BCUT2D eigenvalue weighted by Crippen LogP contribution is 2.14. The molecule has 1 unspecified atom stereocenters. The molecule has 0 radical (unpaired) electrons. The predicted octanol–water partition coefficient (Wildman–Crippen LogP) is 0.702. The minimum atomic E-state index is -0.781. The van der Waals surface area contributed by atoms with Crippen LogP contribution in [0, 0.1) is 11.3 Å². The van der Waals surface area contributed by atoms with Gasteiger partial charge in [-0.2, -0.15) is 5.26 Å². The Hall–Kier alpha value is -2.68. The van der Waals surface area contributed by atoms with Crippen LogP contribution in [0.2, 0.25) is 0 Å². The van der Waals surface area contributed by atoms with Gasteiger partial charge in [-0.3, -0.25) is 9.48 Å². The first-order valence-electron chi connectivity index (χ1n) is 5.87. The van der Waals surface area contributed by atoms with Crippen molar-refractivity contribution in [1.29, 1.82) is 5.26 Å². The van der Waals surface area contributed by atoms with Gasteiger partial charge >= 0.3 is 0 Å².